The van der Waals surface area contributed by atoms with E-state index in [1.54, 1.807) is 38.7 Å². The smallest absolute Gasteiger partial charge is 0.141 e. The van der Waals surface area contributed by atoms with Crippen LogP contribution in [0.3, 0.4) is 0 Å². The third-order valence-electron chi connectivity index (χ3n) is 3.97. The Bertz CT molecular complexity index is 912. The quantitative estimate of drug-likeness (QED) is 0.771. The van der Waals surface area contributed by atoms with Gasteiger partial charge in [-0.2, -0.15) is 0 Å². The molecule has 0 atom stereocenters. The maximum absolute atomic E-state index is 6.58. The van der Waals surface area contributed by atoms with E-state index in [4.69, 9.17) is 26.8 Å². The van der Waals surface area contributed by atoms with Gasteiger partial charge in [0.05, 0.1) is 24.9 Å². The van der Waals surface area contributed by atoms with Gasteiger partial charge in [-0.1, -0.05) is 18.5 Å². The summed E-state index contributed by atoms with van der Waals surface area (Å²) in [5, 5.41) is 2.38. The van der Waals surface area contributed by atoms with Crippen molar-refractivity contribution >= 4 is 28.2 Å². The Balaban J connectivity index is 2.29. The minimum Gasteiger partial charge on any atom is -0.496 e. The van der Waals surface area contributed by atoms with Crippen molar-refractivity contribution in [1.29, 1.82) is 0 Å². The molecule has 1 aromatic carbocycles. The molecule has 0 saturated heterocycles. The molecule has 3 rings (SSSR count). The number of pyridine rings is 2. The number of hydrogen-bond donors (Lipinski definition) is 1. The molecule has 0 aliphatic carbocycles. The molecule has 0 aliphatic rings. The third-order valence-corrected chi connectivity index (χ3v) is 4.35. The van der Waals surface area contributed by atoms with Crippen molar-refractivity contribution < 1.29 is 9.47 Å². The lowest BCUT2D eigenvalue weighted by Crippen LogP contribution is -1.99. The molecular weight excluding hydrogens is 326 g/mol. The van der Waals surface area contributed by atoms with E-state index in [2.05, 4.69) is 9.97 Å². The highest BCUT2D eigenvalue weighted by Gasteiger charge is 2.19. The summed E-state index contributed by atoms with van der Waals surface area (Å²) in [4.78, 5) is 8.70. The highest BCUT2D eigenvalue weighted by molar-refractivity contribution is 6.35. The van der Waals surface area contributed by atoms with Gasteiger partial charge in [0.15, 0.2) is 0 Å². The number of halogens is 1. The van der Waals surface area contributed by atoms with E-state index in [0.29, 0.717) is 16.6 Å². The molecule has 0 fully saturated rings. The molecule has 24 heavy (non-hydrogen) atoms. The summed E-state index contributed by atoms with van der Waals surface area (Å²) >= 11 is 6.58. The molecule has 0 amide bonds. The highest BCUT2D eigenvalue weighted by atomic mass is 35.5. The summed E-state index contributed by atoms with van der Waals surface area (Å²) in [6.45, 7) is 2.05. The van der Waals surface area contributed by atoms with Gasteiger partial charge in [-0.05, 0) is 18.6 Å². The first-order chi connectivity index (χ1) is 11.6. The van der Waals surface area contributed by atoms with E-state index < -0.39 is 0 Å². The van der Waals surface area contributed by atoms with Crippen LogP contribution in [-0.2, 0) is 6.42 Å². The lowest BCUT2D eigenvalue weighted by Gasteiger charge is -2.17. The molecule has 2 aromatic heterocycles. The van der Waals surface area contributed by atoms with Gasteiger partial charge in [-0.15, -0.1) is 0 Å². The van der Waals surface area contributed by atoms with Crippen molar-refractivity contribution in [1.82, 2.24) is 9.97 Å². The van der Waals surface area contributed by atoms with Gasteiger partial charge in [-0.3, -0.25) is 4.98 Å². The molecule has 0 radical (unpaired) electrons. The molecule has 6 heteroatoms. The molecule has 0 aliphatic heterocycles. The Morgan fingerprint density at radius 3 is 2.33 bits per heavy atom. The number of fused-ring (bicyclic) bond motifs is 1. The second-order valence-electron chi connectivity index (χ2n) is 5.33. The molecule has 0 spiro atoms. The number of methoxy groups -OCH3 is 2. The van der Waals surface area contributed by atoms with E-state index in [9.17, 15) is 0 Å². The number of hydrogen-bond acceptors (Lipinski definition) is 5. The van der Waals surface area contributed by atoms with Crippen LogP contribution in [-0.4, -0.2) is 24.2 Å². The van der Waals surface area contributed by atoms with Gasteiger partial charge < -0.3 is 15.2 Å². The number of ether oxygens (including phenoxy) is 2. The van der Waals surface area contributed by atoms with Crippen molar-refractivity contribution in [2.75, 3.05) is 20.0 Å². The van der Waals surface area contributed by atoms with Gasteiger partial charge in [0.2, 0.25) is 0 Å². The minimum absolute atomic E-state index is 0.465. The fourth-order valence-corrected chi connectivity index (χ4v) is 3.13. The number of anilines is 1. The maximum Gasteiger partial charge on any atom is 0.141 e. The van der Waals surface area contributed by atoms with E-state index in [1.165, 1.54) is 0 Å². The largest absolute Gasteiger partial charge is 0.496 e. The fourth-order valence-electron chi connectivity index (χ4n) is 2.79. The standard InChI is InChI=1S/C18H18ClN3O2/c1-4-12-14(23-2)7-15(24-3)18(19)17(12)13-5-10-9-22-16(20)6-11(10)8-21-13/h5-9H,4H2,1-3H3,(H2,20,22). The second kappa shape index (κ2) is 6.53. The first kappa shape index (κ1) is 16.3. The first-order valence-corrected chi connectivity index (χ1v) is 7.91. The monoisotopic (exact) mass is 343 g/mol. The Morgan fingerprint density at radius 2 is 1.67 bits per heavy atom. The molecule has 2 N–H and O–H groups in total. The van der Waals surface area contributed by atoms with E-state index in [1.807, 2.05) is 13.0 Å². The summed E-state index contributed by atoms with van der Waals surface area (Å²) in [6.07, 6.45) is 4.25. The van der Waals surface area contributed by atoms with Gasteiger partial charge in [0.25, 0.3) is 0 Å². The van der Waals surface area contributed by atoms with Crippen LogP contribution in [0.15, 0.2) is 30.6 Å². The predicted octanol–water partition coefficient (Wildman–Crippen LogP) is 4.11. The van der Waals surface area contributed by atoms with Crippen LogP contribution in [0.2, 0.25) is 5.02 Å². The van der Waals surface area contributed by atoms with Crippen LogP contribution in [0.4, 0.5) is 5.82 Å². The Hall–Kier alpha value is -2.53. The van der Waals surface area contributed by atoms with Crippen LogP contribution < -0.4 is 15.2 Å². The highest BCUT2D eigenvalue weighted by Crippen LogP contribution is 2.43. The van der Waals surface area contributed by atoms with Crippen LogP contribution in [0.5, 0.6) is 11.5 Å². The minimum atomic E-state index is 0.465. The second-order valence-corrected chi connectivity index (χ2v) is 5.71. The van der Waals surface area contributed by atoms with E-state index in [0.717, 1.165) is 39.8 Å². The summed E-state index contributed by atoms with van der Waals surface area (Å²) in [5.74, 6) is 1.75. The summed E-state index contributed by atoms with van der Waals surface area (Å²) in [7, 11) is 3.21. The van der Waals surface area contributed by atoms with Gasteiger partial charge in [0.1, 0.15) is 17.3 Å². The molecule has 0 unspecified atom stereocenters. The van der Waals surface area contributed by atoms with Crippen molar-refractivity contribution in [3.05, 3.63) is 41.2 Å². The molecular formula is C18H18ClN3O2. The lowest BCUT2D eigenvalue weighted by atomic mass is 9.99. The fraction of sp³-hybridized carbons (Fsp3) is 0.222. The average molecular weight is 344 g/mol. The van der Waals surface area contributed by atoms with E-state index >= 15 is 0 Å². The summed E-state index contributed by atoms with van der Waals surface area (Å²) in [6, 6.07) is 5.54. The molecule has 2 heterocycles. The first-order valence-electron chi connectivity index (χ1n) is 7.54. The van der Waals surface area contributed by atoms with Crippen LogP contribution in [0.25, 0.3) is 22.0 Å². The third kappa shape index (κ3) is 2.71. The Morgan fingerprint density at radius 1 is 1.00 bits per heavy atom. The predicted molar refractivity (Wildman–Crippen MR) is 96.9 cm³/mol. The van der Waals surface area contributed by atoms with Gasteiger partial charge in [-0.25, -0.2) is 4.98 Å². The SMILES string of the molecule is CCc1c(OC)cc(OC)c(Cl)c1-c1cc2cnc(N)cc2cn1. The molecule has 3 aromatic rings. The van der Waals surface area contributed by atoms with Crippen LogP contribution in [0, 0.1) is 0 Å². The lowest BCUT2D eigenvalue weighted by molar-refractivity contribution is 0.392. The number of aromatic nitrogens is 2. The Labute approximate surface area is 145 Å². The number of benzene rings is 1. The summed E-state index contributed by atoms with van der Waals surface area (Å²) in [5.41, 5.74) is 8.27. The normalized spacial score (nSPS) is 10.8. The summed E-state index contributed by atoms with van der Waals surface area (Å²) < 4.78 is 10.9. The topological polar surface area (TPSA) is 70.3 Å². The van der Waals surface area contributed by atoms with Crippen molar-refractivity contribution in [2.24, 2.45) is 0 Å². The van der Waals surface area contributed by atoms with Gasteiger partial charge >= 0.3 is 0 Å². The Kier molecular flexibility index (Phi) is 4.44. The van der Waals surface area contributed by atoms with Crippen molar-refractivity contribution in [2.45, 2.75) is 13.3 Å². The van der Waals surface area contributed by atoms with Crippen molar-refractivity contribution in [3.8, 4) is 22.8 Å². The van der Waals surface area contributed by atoms with Crippen LogP contribution >= 0.6 is 11.6 Å². The number of nitrogens with zero attached hydrogens (tertiary/aromatic N) is 2. The zero-order valence-corrected chi connectivity index (χ0v) is 14.5. The number of rotatable bonds is 4. The molecule has 0 bridgehead atoms. The number of nitrogen functional groups attached to an aromatic ring is 1. The molecule has 5 nitrogen and oxygen atoms in total. The molecule has 0 saturated carbocycles. The molecule has 124 valence electrons. The van der Waals surface area contributed by atoms with Crippen LogP contribution in [0.1, 0.15) is 12.5 Å². The zero-order chi connectivity index (χ0) is 17.3. The average Bonchev–Trinajstić information content (AvgIpc) is 2.60. The zero-order valence-electron chi connectivity index (χ0n) is 13.8. The van der Waals surface area contributed by atoms with Gasteiger partial charge in [0, 0.05) is 40.4 Å². The van der Waals surface area contributed by atoms with E-state index in [-0.39, 0.29) is 0 Å². The number of nitrogens with two attached hydrogens (primary N) is 1. The van der Waals surface area contributed by atoms with Crippen molar-refractivity contribution in [3.63, 3.8) is 0 Å². The maximum atomic E-state index is 6.58.